The number of nitrogens with zero attached hydrogens (tertiary/aromatic N) is 1. The third kappa shape index (κ3) is 4.78. The Kier molecular flexibility index (Phi) is 6.33. The Morgan fingerprint density at radius 1 is 1.21 bits per heavy atom. The summed E-state index contributed by atoms with van der Waals surface area (Å²) in [6.07, 6.45) is 1.56. The predicted octanol–water partition coefficient (Wildman–Crippen LogP) is 1.62. The number of amides is 1. The van der Waals surface area contributed by atoms with E-state index in [1.54, 1.807) is 31.2 Å². The molecule has 2 rings (SSSR count). The van der Waals surface area contributed by atoms with Crippen LogP contribution in [-0.2, 0) is 19.6 Å². The fourth-order valence-corrected chi connectivity index (χ4v) is 4.02. The second-order valence-corrected chi connectivity index (χ2v) is 7.57. The minimum atomic E-state index is -3.40. The van der Waals surface area contributed by atoms with Crippen molar-refractivity contribution in [2.45, 2.75) is 26.2 Å². The first-order valence-corrected chi connectivity index (χ1v) is 9.59. The average molecular weight is 354 g/mol. The average Bonchev–Trinajstić information content (AvgIpc) is 3.09. The fraction of sp³-hybridized carbons (Fsp3) is 0.500. The number of rotatable bonds is 7. The van der Waals surface area contributed by atoms with Crippen LogP contribution < -0.4 is 5.32 Å². The standard InChI is InChI=1S/C16H22N2O5S/c1-2-23-16(20)13-7-3-4-8-14(13)17-15(19)9-12-24(21,22)18-10-5-6-11-18/h3-4,7-8H,2,5-6,9-12H2,1H3,(H,17,19). The number of anilines is 1. The molecule has 0 atom stereocenters. The van der Waals surface area contributed by atoms with Gasteiger partial charge in [-0.3, -0.25) is 4.79 Å². The lowest BCUT2D eigenvalue weighted by Gasteiger charge is -2.15. The van der Waals surface area contributed by atoms with E-state index in [1.807, 2.05) is 0 Å². The fourth-order valence-electron chi connectivity index (χ4n) is 2.51. The zero-order chi connectivity index (χ0) is 17.6. The summed E-state index contributed by atoms with van der Waals surface area (Å²) < 4.78 is 30.6. The number of ether oxygens (including phenoxy) is 1. The first-order valence-electron chi connectivity index (χ1n) is 7.98. The molecule has 0 unspecified atom stereocenters. The topological polar surface area (TPSA) is 92.8 Å². The Morgan fingerprint density at radius 3 is 2.54 bits per heavy atom. The summed E-state index contributed by atoms with van der Waals surface area (Å²) in [6.45, 7) is 2.97. The summed E-state index contributed by atoms with van der Waals surface area (Å²) in [5.74, 6) is -1.21. The molecule has 0 aliphatic carbocycles. The monoisotopic (exact) mass is 354 g/mol. The van der Waals surface area contributed by atoms with Gasteiger partial charge < -0.3 is 10.1 Å². The van der Waals surface area contributed by atoms with Crippen molar-refractivity contribution in [2.75, 3.05) is 30.8 Å². The van der Waals surface area contributed by atoms with Crippen LogP contribution in [0.15, 0.2) is 24.3 Å². The minimum Gasteiger partial charge on any atom is -0.462 e. The smallest absolute Gasteiger partial charge is 0.340 e. The summed E-state index contributed by atoms with van der Waals surface area (Å²) in [5, 5.41) is 2.59. The van der Waals surface area contributed by atoms with Gasteiger partial charge in [-0.05, 0) is 31.9 Å². The van der Waals surface area contributed by atoms with Crippen LogP contribution in [0.1, 0.15) is 36.5 Å². The second kappa shape index (κ2) is 8.25. The molecule has 7 nitrogen and oxygen atoms in total. The minimum absolute atomic E-state index is 0.157. The molecule has 0 aromatic heterocycles. The van der Waals surface area contributed by atoms with Gasteiger partial charge in [0, 0.05) is 19.5 Å². The van der Waals surface area contributed by atoms with Gasteiger partial charge in [-0.2, -0.15) is 0 Å². The van der Waals surface area contributed by atoms with Crippen molar-refractivity contribution >= 4 is 27.6 Å². The number of nitrogens with one attached hydrogen (secondary N) is 1. The van der Waals surface area contributed by atoms with Crippen LogP contribution >= 0.6 is 0 Å². The van der Waals surface area contributed by atoms with Crippen LogP contribution in [-0.4, -0.2) is 50.0 Å². The number of benzene rings is 1. The third-order valence-electron chi connectivity index (χ3n) is 3.74. The van der Waals surface area contributed by atoms with Crippen molar-refractivity contribution in [3.63, 3.8) is 0 Å². The van der Waals surface area contributed by atoms with Gasteiger partial charge in [-0.15, -0.1) is 0 Å². The Hall–Kier alpha value is -1.93. The number of carbonyl (C=O) groups is 2. The van der Waals surface area contributed by atoms with Crippen LogP contribution in [0.4, 0.5) is 5.69 Å². The van der Waals surface area contributed by atoms with E-state index < -0.39 is 21.9 Å². The number of carbonyl (C=O) groups excluding carboxylic acids is 2. The molecule has 1 fully saturated rings. The van der Waals surface area contributed by atoms with E-state index in [-0.39, 0.29) is 24.3 Å². The lowest BCUT2D eigenvalue weighted by atomic mass is 10.1. The van der Waals surface area contributed by atoms with Gasteiger partial charge in [-0.1, -0.05) is 12.1 Å². The lowest BCUT2D eigenvalue weighted by Crippen LogP contribution is -2.31. The highest BCUT2D eigenvalue weighted by molar-refractivity contribution is 7.89. The van der Waals surface area contributed by atoms with E-state index in [1.165, 1.54) is 4.31 Å². The van der Waals surface area contributed by atoms with Crippen molar-refractivity contribution < 1.29 is 22.7 Å². The molecule has 1 aliphatic rings. The molecule has 132 valence electrons. The predicted molar refractivity (Wildman–Crippen MR) is 90.2 cm³/mol. The molecule has 0 bridgehead atoms. The van der Waals surface area contributed by atoms with Crippen molar-refractivity contribution in [3.05, 3.63) is 29.8 Å². The largest absolute Gasteiger partial charge is 0.462 e. The molecule has 1 aliphatic heterocycles. The zero-order valence-corrected chi connectivity index (χ0v) is 14.5. The summed E-state index contributed by atoms with van der Waals surface area (Å²) in [4.78, 5) is 23.9. The molecule has 8 heteroatoms. The Morgan fingerprint density at radius 2 is 1.88 bits per heavy atom. The molecular weight excluding hydrogens is 332 g/mol. The number of sulfonamides is 1. The van der Waals surface area contributed by atoms with Crippen LogP contribution in [0.5, 0.6) is 0 Å². The highest BCUT2D eigenvalue weighted by Gasteiger charge is 2.26. The molecule has 24 heavy (non-hydrogen) atoms. The van der Waals surface area contributed by atoms with Gasteiger partial charge in [0.2, 0.25) is 15.9 Å². The van der Waals surface area contributed by atoms with Crippen molar-refractivity contribution in [1.29, 1.82) is 0 Å². The van der Waals surface area contributed by atoms with Gasteiger partial charge in [0.1, 0.15) is 0 Å². The normalized spacial score (nSPS) is 15.2. The van der Waals surface area contributed by atoms with Gasteiger partial charge >= 0.3 is 5.97 Å². The van der Waals surface area contributed by atoms with E-state index in [0.717, 1.165) is 12.8 Å². The number of esters is 1. The summed E-state index contributed by atoms with van der Waals surface area (Å²) in [7, 11) is -3.40. The second-order valence-electron chi connectivity index (χ2n) is 5.49. The van der Waals surface area contributed by atoms with E-state index in [9.17, 15) is 18.0 Å². The van der Waals surface area contributed by atoms with E-state index in [0.29, 0.717) is 18.8 Å². The highest BCUT2D eigenvalue weighted by Crippen LogP contribution is 2.17. The van der Waals surface area contributed by atoms with Gasteiger partial charge in [0.25, 0.3) is 0 Å². The summed E-state index contributed by atoms with van der Waals surface area (Å²) >= 11 is 0. The van der Waals surface area contributed by atoms with Crippen molar-refractivity contribution in [1.82, 2.24) is 4.31 Å². The number of para-hydroxylation sites is 1. The molecule has 1 aromatic carbocycles. The summed E-state index contributed by atoms with van der Waals surface area (Å²) in [6, 6.07) is 6.48. The van der Waals surface area contributed by atoms with Gasteiger partial charge in [0.15, 0.2) is 0 Å². The quantitative estimate of drug-likeness (QED) is 0.751. The zero-order valence-electron chi connectivity index (χ0n) is 13.7. The Labute approximate surface area is 142 Å². The van der Waals surface area contributed by atoms with E-state index in [2.05, 4.69) is 5.32 Å². The van der Waals surface area contributed by atoms with Gasteiger partial charge in [0.05, 0.1) is 23.6 Å². The first kappa shape index (κ1) is 18.4. The highest BCUT2D eigenvalue weighted by atomic mass is 32.2. The maximum atomic E-state index is 12.1. The van der Waals surface area contributed by atoms with Crippen LogP contribution in [0.25, 0.3) is 0 Å². The van der Waals surface area contributed by atoms with Gasteiger partial charge in [-0.25, -0.2) is 17.5 Å². The summed E-state index contributed by atoms with van der Waals surface area (Å²) in [5.41, 5.74) is 0.564. The Balaban J connectivity index is 1.96. The molecule has 1 heterocycles. The van der Waals surface area contributed by atoms with E-state index >= 15 is 0 Å². The molecule has 1 N–H and O–H groups in total. The van der Waals surface area contributed by atoms with Crippen LogP contribution in [0, 0.1) is 0 Å². The molecule has 0 radical (unpaired) electrons. The molecule has 0 spiro atoms. The number of hydrogen-bond acceptors (Lipinski definition) is 5. The van der Waals surface area contributed by atoms with Crippen LogP contribution in [0.2, 0.25) is 0 Å². The van der Waals surface area contributed by atoms with Crippen LogP contribution in [0.3, 0.4) is 0 Å². The molecular formula is C16H22N2O5S. The van der Waals surface area contributed by atoms with Crippen molar-refractivity contribution in [3.8, 4) is 0 Å². The Bertz CT molecular complexity index is 696. The SMILES string of the molecule is CCOC(=O)c1ccccc1NC(=O)CCS(=O)(=O)N1CCCC1. The number of hydrogen-bond donors (Lipinski definition) is 1. The maximum Gasteiger partial charge on any atom is 0.340 e. The maximum absolute atomic E-state index is 12.1. The third-order valence-corrected chi connectivity index (χ3v) is 5.61. The molecule has 1 aromatic rings. The molecule has 1 saturated heterocycles. The first-order chi connectivity index (χ1) is 11.4. The molecule has 0 saturated carbocycles. The van der Waals surface area contributed by atoms with E-state index in [4.69, 9.17) is 4.74 Å². The lowest BCUT2D eigenvalue weighted by molar-refractivity contribution is -0.115. The van der Waals surface area contributed by atoms with Crippen molar-refractivity contribution in [2.24, 2.45) is 0 Å². The molecule has 1 amide bonds.